The van der Waals surface area contributed by atoms with Gasteiger partial charge in [-0.1, -0.05) is 0 Å². The maximum Gasteiger partial charge on any atom is 0.222 e. The van der Waals surface area contributed by atoms with Gasteiger partial charge in [0.1, 0.15) is 6.10 Å². The number of fused-ring (bicyclic) bond motifs is 1. The lowest BCUT2D eigenvalue weighted by Crippen LogP contribution is -2.04. The topological polar surface area (TPSA) is 51.5 Å². The summed E-state index contributed by atoms with van der Waals surface area (Å²) >= 11 is 0. The van der Waals surface area contributed by atoms with Gasteiger partial charge in [-0.2, -0.15) is 0 Å². The average molecular weight is 202 g/mol. The van der Waals surface area contributed by atoms with Crippen molar-refractivity contribution >= 4 is 12.5 Å². The van der Waals surface area contributed by atoms with Crippen molar-refractivity contribution in [2.24, 2.45) is 4.99 Å². The van der Waals surface area contributed by atoms with Crippen molar-refractivity contribution in [2.45, 2.75) is 25.5 Å². The van der Waals surface area contributed by atoms with Gasteiger partial charge in [-0.15, -0.1) is 0 Å². The van der Waals surface area contributed by atoms with E-state index >= 15 is 0 Å². The van der Waals surface area contributed by atoms with Gasteiger partial charge in [-0.05, 0) is 18.4 Å². The van der Waals surface area contributed by atoms with Gasteiger partial charge in [0.2, 0.25) is 5.88 Å². The first-order chi connectivity index (χ1) is 7.38. The van der Waals surface area contributed by atoms with Crippen molar-refractivity contribution < 1.29 is 9.53 Å². The summed E-state index contributed by atoms with van der Waals surface area (Å²) in [6.45, 7) is 0.562. The number of aldehydes is 1. The molecule has 1 aromatic heterocycles. The lowest BCUT2D eigenvalue weighted by molar-refractivity contribution is 0.112. The number of hydrogen-bond donors (Lipinski definition) is 0. The van der Waals surface area contributed by atoms with Crippen LogP contribution in [0, 0.1) is 0 Å². The standard InChI is InChI=1S/C11H10N2O2/c14-6-7-3-13-11(15-8-1-2-8)10-5-12-4-9(7)10/h3,5-6,8H,1-2,4H2. The fourth-order valence-electron chi connectivity index (χ4n) is 1.64. The molecular formula is C11H10N2O2. The van der Waals surface area contributed by atoms with E-state index in [1.807, 2.05) is 0 Å². The molecular weight excluding hydrogens is 192 g/mol. The summed E-state index contributed by atoms with van der Waals surface area (Å²) < 4.78 is 5.65. The second-order valence-corrected chi connectivity index (χ2v) is 3.82. The monoisotopic (exact) mass is 202 g/mol. The minimum atomic E-state index is 0.317. The molecule has 3 rings (SSSR count). The predicted molar refractivity (Wildman–Crippen MR) is 54.6 cm³/mol. The molecule has 4 nitrogen and oxygen atoms in total. The van der Waals surface area contributed by atoms with Crippen LogP contribution in [-0.4, -0.2) is 23.6 Å². The highest BCUT2D eigenvalue weighted by molar-refractivity contribution is 5.92. The van der Waals surface area contributed by atoms with Crippen LogP contribution in [0.2, 0.25) is 0 Å². The molecule has 1 aliphatic heterocycles. The molecule has 76 valence electrons. The van der Waals surface area contributed by atoms with Gasteiger partial charge in [0.15, 0.2) is 6.29 Å². The predicted octanol–water partition coefficient (Wildman–Crippen LogP) is 1.37. The summed E-state index contributed by atoms with van der Waals surface area (Å²) in [6.07, 6.45) is 6.65. The molecule has 4 heteroatoms. The fraction of sp³-hybridized carbons (Fsp3) is 0.364. The maximum atomic E-state index is 10.8. The zero-order chi connectivity index (χ0) is 10.3. The van der Waals surface area contributed by atoms with Gasteiger partial charge in [0, 0.05) is 18.0 Å². The highest BCUT2D eigenvalue weighted by Gasteiger charge is 2.27. The Hall–Kier alpha value is -1.71. The van der Waals surface area contributed by atoms with Gasteiger partial charge >= 0.3 is 0 Å². The number of nitrogens with zero attached hydrogens (tertiary/aromatic N) is 2. The van der Waals surface area contributed by atoms with Crippen LogP contribution in [0.25, 0.3) is 0 Å². The van der Waals surface area contributed by atoms with Crippen LogP contribution >= 0.6 is 0 Å². The third-order valence-corrected chi connectivity index (χ3v) is 2.62. The van der Waals surface area contributed by atoms with E-state index in [2.05, 4.69) is 9.98 Å². The highest BCUT2D eigenvalue weighted by Crippen LogP contribution is 2.31. The molecule has 0 N–H and O–H groups in total. The SMILES string of the molecule is O=Cc1cnc(OC2CC2)c2c1CN=C2. The third kappa shape index (κ3) is 1.42. The van der Waals surface area contributed by atoms with Crippen molar-refractivity contribution in [3.05, 3.63) is 22.9 Å². The summed E-state index contributed by atoms with van der Waals surface area (Å²) in [5.74, 6) is 0.624. The van der Waals surface area contributed by atoms with Gasteiger partial charge in [-0.3, -0.25) is 9.79 Å². The van der Waals surface area contributed by atoms with Crippen LogP contribution in [0.5, 0.6) is 5.88 Å². The first-order valence-electron chi connectivity index (χ1n) is 5.02. The van der Waals surface area contributed by atoms with E-state index in [4.69, 9.17) is 4.74 Å². The van der Waals surface area contributed by atoms with E-state index in [1.165, 1.54) is 0 Å². The van der Waals surface area contributed by atoms with E-state index in [9.17, 15) is 4.79 Å². The molecule has 2 aliphatic rings. The Morgan fingerprint density at radius 3 is 3.07 bits per heavy atom. The molecule has 0 atom stereocenters. The number of pyridine rings is 1. The van der Waals surface area contributed by atoms with Gasteiger partial charge in [-0.25, -0.2) is 4.98 Å². The molecule has 0 unspecified atom stereocenters. The van der Waals surface area contributed by atoms with E-state index in [0.29, 0.717) is 24.1 Å². The fourth-order valence-corrected chi connectivity index (χ4v) is 1.64. The highest BCUT2D eigenvalue weighted by atomic mass is 16.5. The quantitative estimate of drug-likeness (QED) is 0.695. The number of carbonyl (C=O) groups is 1. The molecule has 2 heterocycles. The Bertz CT molecular complexity index is 450. The van der Waals surface area contributed by atoms with Crippen molar-refractivity contribution in [1.82, 2.24) is 4.98 Å². The Morgan fingerprint density at radius 2 is 2.33 bits per heavy atom. The van der Waals surface area contributed by atoms with E-state index in [0.717, 1.165) is 30.3 Å². The van der Waals surface area contributed by atoms with Crippen LogP contribution < -0.4 is 4.74 Å². The number of hydrogen-bond acceptors (Lipinski definition) is 4. The molecule has 0 saturated heterocycles. The number of ether oxygens (including phenoxy) is 1. The maximum absolute atomic E-state index is 10.8. The zero-order valence-corrected chi connectivity index (χ0v) is 8.14. The van der Waals surface area contributed by atoms with E-state index < -0.39 is 0 Å². The number of aromatic nitrogens is 1. The minimum absolute atomic E-state index is 0.317. The normalized spacial score (nSPS) is 17.6. The second-order valence-electron chi connectivity index (χ2n) is 3.82. The molecule has 0 bridgehead atoms. The summed E-state index contributed by atoms with van der Waals surface area (Å²) in [6, 6.07) is 0. The van der Waals surface area contributed by atoms with Crippen LogP contribution in [0.3, 0.4) is 0 Å². The molecule has 1 aliphatic carbocycles. The summed E-state index contributed by atoms with van der Waals surface area (Å²) in [5, 5.41) is 0. The second kappa shape index (κ2) is 3.15. The van der Waals surface area contributed by atoms with Crippen LogP contribution in [-0.2, 0) is 6.54 Å². The Labute approximate surface area is 87.0 Å². The molecule has 0 spiro atoms. The van der Waals surface area contributed by atoms with Crippen LogP contribution in [0.15, 0.2) is 11.2 Å². The van der Waals surface area contributed by atoms with Crippen molar-refractivity contribution in [3.63, 3.8) is 0 Å². The van der Waals surface area contributed by atoms with Crippen LogP contribution in [0.4, 0.5) is 0 Å². The van der Waals surface area contributed by atoms with Crippen LogP contribution in [0.1, 0.15) is 34.3 Å². The van der Waals surface area contributed by atoms with Gasteiger partial charge < -0.3 is 4.74 Å². The first-order valence-corrected chi connectivity index (χ1v) is 5.02. The number of aliphatic imine (C=N–C) groups is 1. The Morgan fingerprint density at radius 1 is 1.47 bits per heavy atom. The molecule has 0 aromatic carbocycles. The van der Waals surface area contributed by atoms with Crippen molar-refractivity contribution in [3.8, 4) is 5.88 Å². The summed E-state index contributed by atoms with van der Waals surface area (Å²) in [5.41, 5.74) is 2.44. The number of rotatable bonds is 3. The minimum Gasteiger partial charge on any atom is -0.474 e. The lowest BCUT2D eigenvalue weighted by Gasteiger charge is -2.08. The molecule has 1 saturated carbocycles. The molecule has 15 heavy (non-hydrogen) atoms. The van der Waals surface area contributed by atoms with Gasteiger partial charge in [0.25, 0.3) is 0 Å². The smallest absolute Gasteiger partial charge is 0.222 e. The van der Waals surface area contributed by atoms with Crippen molar-refractivity contribution in [2.75, 3.05) is 0 Å². The zero-order valence-electron chi connectivity index (χ0n) is 8.14. The van der Waals surface area contributed by atoms with E-state index in [1.54, 1.807) is 12.4 Å². The summed E-state index contributed by atoms with van der Waals surface area (Å²) in [4.78, 5) is 19.1. The first kappa shape index (κ1) is 8.59. The molecule has 1 aromatic rings. The van der Waals surface area contributed by atoms with Gasteiger partial charge in [0.05, 0.1) is 12.1 Å². The molecule has 1 fully saturated rings. The largest absolute Gasteiger partial charge is 0.474 e. The molecule has 0 amide bonds. The average Bonchev–Trinajstić information content (AvgIpc) is 2.93. The Balaban J connectivity index is 2.03. The third-order valence-electron chi connectivity index (χ3n) is 2.62. The Kier molecular flexibility index (Phi) is 1.80. The van der Waals surface area contributed by atoms with Crippen molar-refractivity contribution in [1.29, 1.82) is 0 Å². The lowest BCUT2D eigenvalue weighted by atomic mass is 10.1. The summed E-state index contributed by atoms with van der Waals surface area (Å²) in [7, 11) is 0. The number of carbonyl (C=O) groups excluding carboxylic acids is 1. The molecule has 0 radical (unpaired) electrons. The van der Waals surface area contributed by atoms with E-state index in [-0.39, 0.29) is 0 Å².